The molecule has 254 valence electrons. The molecule has 0 saturated carbocycles. The smallest absolute Gasteiger partial charge is 0.185 e. The largest absolute Gasteiger partial charge is 0.506 e. The topological polar surface area (TPSA) is 127 Å². The summed E-state index contributed by atoms with van der Waals surface area (Å²) >= 11 is 6.81. The maximum atomic E-state index is 11.8. The van der Waals surface area contributed by atoms with Gasteiger partial charge in [-0.1, -0.05) is 81.3 Å². The number of halogens is 1. The molecule has 12 heteroatoms. The second-order valence-electron chi connectivity index (χ2n) is 11.7. The van der Waals surface area contributed by atoms with E-state index in [0.717, 1.165) is 59.7 Å². The van der Waals surface area contributed by atoms with Gasteiger partial charge in [0.05, 0.1) is 11.4 Å². The number of aryl methyl sites for hydroxylation is 1. The normalized spacial score (nSPS) is 12.9. The molecule has 0 bridgehead atoms. The predicted octanol–water partition coefficient (Wildman–Crippen LogP) is 6.83. The molecule has 0 amide bonds. The van der Waals surface area contributed by atoms with Crippen molar-refractivity contribution in [2.24, 2.45) is 0 Å². The average Bonchev–Trinajstić information content (AvgIpc) is 3.71. The van der Waals surface area contributed by atoms with Gasteiger partial charge in [-0.2, -0.15) is 4.68 Å². The molecule has 0 radical (unpaired) electrons. The number of aromatic hydroxyl groups is 1. The highest BCUT2D eigenvalue weighted by molar-refractivity contribution is 6.30. The van der Waals surface area contributed by atoms with Gasteiger partial charge in [-0.25, -0.2) is 9.97 Å². The Morgan fingerprint density at radius 2 is 1.73 bits per heavy atom. The molecule has 2 N–H and O–H groups in total. The van der Waals surface area contributed by atoms with Crippen LogP contribution < -0.4 is 0 Å². The zero-order chi connectivity index (χ0) is 34.2. The molecule has 5 aromatic rings. The summed E-state index contributed by atoms with van der Waals surface area (Å²) in [4.78, 5) is 11.6. The molecular formula is C36H45ClN8O3. The lowest BCUT2D eigenvalue weighted by Crippen LogP contribution is -2.23. The molecule has 3 heterocycles. The lowest BCUT2D eigenvalue weighted by Gasteiger charge is -2.20. The van der Waals surface area contributed by atoms with Crippen molar-refractivity contribution in [1.29, 1.82) is 0 Å². The highest BCUT2D eigenvalue weighted by Crippen LogP contribution is 2.36. The monoisotopic (exact) mass is 672 g/mol. The van der Waals surface area contributed by atoms with Crippen molar-refractivity contribution < 1.29 is 14.9 Å². The number of nitrogens with zero attached hydrogens (tertiary/aromatic N) is 8. The van der Waals surface area contributed by atoms with Crippen LogP contribution in [0.2, 0.25) is 5.15 Å². The summed E-state index contributed by atoms with van der Waals surface area (Å²) in [5.41, 5.74) is 5.03. The van der Waals surface area contributed by atoms with E-state index in [9.17, 15) is 10.2 Å². The summed E-state index contributed by atoms with van der Waals surface area (Å²) in [5.74, 6) is 1.22. The van der Waals surface area contributed by atoms with E-state index in [1.807, 2.05) is 36.6 Å². The number of ether oxygens (including phenoxy) is 1. The van der Waals surface area contributed by atoms with Crippen molar-refractivity contribution in [2.45, 2.75) is 79.3 Å². The second kappa shape index (κ2) is 16.3. The third kappa shape index (κ3) is 7.76. The van der Waals surface area contributed by atoms with E-state index in [-0.39, 0.29) is 22.8 Å². The standard InChI is InChI=1S/C36H45ClN8O3/c1-6-10-16-31-39-35(37)33(34(47)32-30(46)20-18-27(38-32)23-43(7-2)8-3)44(31)22-25-17-19-28(26-14-12-11-13-15-26)29(21-25)36-40-41-42-45(36)24(5)48-9-4/h11-15,17-21,24,34,46-47H,6-10,16,22-23H2,1-5H3. The lowest BCUT2D eigenvalue weighted by atomic mass is 9.96. The van der Waals surface area contributed by atoms with Gasteiger partial charge in [-0.05, 0) is 78.7 Å². The number of unbranched alkanes of at least 4 members (excludes halogenated alkanes) is 1. The first kappa shape index (κ1) is 35.2. The molecule has 3 aromatic heterocycles. The van der Waals surface area contributed by atoms with E-state index in [1.165, 1.54) is 0 Å². The first-order valence-electron chi connectivity index (χ1n) is 16.7. The molecule has 48 heavy (non-hydrogen) atoms. The Morgan fingerprint density at radius 1 is 0.958 bits per heavy atom. The molecule has 0 fully saturated rings. The summed E-state index contributed by atoms with van der Waals surface area (Å²) in [6.07, 6.45) is 0.853. The van der Waals surface area contributed by atoms with Gasteiger partial charge in [-0.3, -0.25) is 4.90 Å². The summed E-state index contributed by atoms with van der Waals surface area (Å²) in [5, 5.41) is 35.6. The molecule has 2 aromatic carbocycles. The molecule has 0 aliphatic carbocycles. The molecule has 5 rings (SSSR count). The highest BCUT2D eigenvalue weighted by Gasteiger charge is 2.28. The van der Waals surface area contributed by atoms with Gasteiger partial charge in [0, 0.05) is 31.7 Å². The van der Waals surface area contributed by atoms with Crippen LogP contribution in [0.3, 0.4) is 0 Å². The number of benzene rings is 2. The molecule has 2 unspecified atom stereocenters. The van der Waals surface area contributed by atoms with E-state index in [0.29, 0.717) is 37.6 Å². The van der Waals surface area contributed by atoms with Crippen molar-refractivity contribution in [1.82, 2.24) is 39.6 Å². The van der Waals surface area contributed by atoms with Crippen LogP contribution in [0.25, 0.3) is 22.5 Å². The maximum Gasteiger partial charge on any atom is 0.185 e. The summed E-state index contributed by atoms with van der Waals surface area (Å²) in [7, 11) is 0. The second-order valence-corrected chi connectivity index (χ2v) is 12.1. The predicted molar refractivity (Wildman–Crippen MR) is 187 cm³/mol. The molecular weight excluding hydrogens is 628 g/mol. The van der Waals surface area contributed by atoms with Crippen LogP contribution in [-0.4, -0.2) is 69.6 Å². The quantitative estimate of drug-likeness (QED) is 0.116. The van der Waals surface area contributed by atoms with Crippen LogP contribution >= 0.6 is 11.6 Å². The minimum atomic E-state index is -1.31. The van der Waals surface area contributed by atoms with E-state index >= 15 is 0 Å². The fourth-order valence-electron chi connectivity index (χ4n) is 5.90. The van der Waals surface area contributed by atoms with Gasteiger partial charge in [0.2, 0.25) is 0 Å². The van der Waals surface area contributed by atoms with Crippen molar-refractivity contribution >= 4 is 11.6 Å². The Balaban J connectivity index is 1.60. The number of rotatable bonds is 16. The van der Waals surface area contributed by atoms with E-state index in [4.69, 9.17) is 26.3 Å². The van der Waals surface area contributed by atoms with Crippen LogP contribution in [-0.2, 0) is 24.2 Å². The van der Waals surface area contributed by atoms with Gasteiger partial charge >= 0.3 is 0 Å². The molecule has 0 spiro atoms. The van der Waals surface area contributed by atoms with Gasteiger partial charge in [0.25, 0.3) is 0 Å². The van der Waals surface area contributed by atoms with Gasteiger partial charge in [0.15, 0.2) is 17.2 Å². The zero-order valence-electron chi connectivity index (χ0n) is 28.3. The Kier molecular flexibility index (Phi) is 11.9. The number of aromatic nitrogens is 7. The van der Waals surface area contributed by atoms with Crippen LogP contribution in [0, 0.1) is 0 Å². The van der Waals surface area contributed by atoms with E-state index < -0.39 is 6.10 Å². The Morgan fingerprint density at radius 3 is 2.44 bits per heavy atom. The number of tetrazole rings is 1. The number of hydrogen-bond acceptors (Lipinski definition) is 9. The SMILES string of the molecule is CCCCc1nc(Cl)c(C(O)c2nc(CN(CC)CC)ccc2O)n1Cc1ccc(-c2ccccc2)c(-c2nnnn2C(C)OCC)c1. The van der Waals surface area contributed by atoms with Crippen LogP contribution in [0.15, 0.2) is 60.7 Å². The fraction of sp³-hybridized carbons (Fsp3) is 0.417. The molecule has 11 nitrogen and oxygen atoms in total. The minimum Gasteiger partial charge on any atom is -0.506 e. The summed E-state index contributed by atoms with van der Waals surface area (Å²) in [6.45, 7) is 13.3. The van der Waals surface area contributed by atoms with Gasteiger partial charge < -0.3 is 19.5 Å². The van der Waals surface area contributed by atoms with E-state index in [1.54, 1.807) is 16.8 Å². The van der Waals surface area contributed by atoms with E-state index in [2.05, 4.69) is 71.5 Å². The third-order valence-electron chi connectivity index (χ3n) is 8.55. The summed E-state index contributed by atoms with van der Waals surface area (Å²) < 4.78 is 9.49. The van der Waals surface area contributed by atoms with Gasteiger partial charge in [-0.15, -0.1) is 5.10 Å². The molecule has 0 saturated heterocycles. The first-order valence-corrected chi connectivity index (χ1v) is 17.1. The van der Waals surface area contributed by atoms with Crippen molar-refractivity contribution in [3.63, 3.8) is 0 Å². The number of aliphatic hydroxyl groups excluding tert-OH is 1. The van der Waals surface area contributed by atoms with Crippen LogP contribution in [0.4, 0.5) is 0 Å². The number of imidazole rings is 1. The molecule has 0 aliphatic heterocycles. The van der Waals surface area contributed by atoms with Gasteiger partial charge in [0.1, 0.15) is 23.4 Å². The third-order valence-corrected chi connectivity index (χ3v) is 8.83. The molecule has 0 aliphatic rings. The fourth-order valence-corrected chi connectivity index (χ4v) is 6.21. The zero-order valence-corrected chi connectivity index (χ0v) is 29.1. The van der Waals surface area contributed by atoms with Crippen LogP contribution in [0.1, 0.15) is 88.3 Å². The highest BCUT2D eigenvalue weighted by atomic mass is 35.5. The molecule has 2 atom stereocenters. The van der Waals surface area contributed by atoms with Crippen molar-refractivity contribution in [2.75, 3.05) is 19.7 Å². The van der Waals surface area contributed by atoms with Crippen molar-refractivity contribution in [3.8, 4) is 28.3 Å². The Hall–Kier alpha value is -4.16. The number of pyridine rings is 1. The maximum absolute atomic E-state index is 11.8. The number of aliphatic hydroxyl groups is 1. The summed E-state index contributed by atoms with van der Waals surface area (Å²) in [6, 6.07) is 19.6. The van der Waals surface area contributed by atoms with Crippen LogP contribution in [0.5, 0.6) is 5.75 Å². The minimum absolute atomic E-state index is 0.102. The first-order chi connectivity index (χ1) is 23.3. The Bertz CT molecular complexity index is 1790. The number of hydrogen-bond donors (Lipinski definition) is 2. The van der Waals surface area contributed by atoms with Crippen molar-refractivity contribution in [3.05, 3.63) is 94.3 Å². The average molecular weight is 673 g/mol. The lowest BCUT2D eigenvalue weighted by molar-refractivity contribution is 0.0159. The Labute approximate surface area is 287 Å².